The molecule has 3 N–H and O–H groups in total. The van der Waals surface area contributed by atoms with Gasteiger partial charge in [-0.3, -0.25) is 10.2 Å². The molecule has 0 spiro atoms. The molecular formula is C23H27ClF5N3O3S. The summed E-state index contributed by atoms with van der Waals surface area (Å²) < 4.78 is 68.0. The molecule has 1 amide bonds. The second-order valence-corrected chi connectivity index (χ2v) is 9.31. The van der Waals surface area contributed by atoms with E-state index in [0.717, 1.165) is 12.7 Å². The Balaban J connectivity index is 0.00000117. The zero-order valence-corrected chi connectivity index (χ0v) is 21.3. The van der Waals surface area contributed by atoms with Gasteiger partial charge in [-0.1, -0.05) is 64.0 Å². The Labute approximate surface area is 211 Å². The van der Waals surface area contributed by atoms with Crippen LogP contribution < -0.4 is 5.73 Å². The first-order valence-electron chi connectivity index (χ1n) is 10.4. The topological polar surface area (TPSA) is 106 Å². The maximum Gasteiger partial charge on any atom is 0.310 e. The van der Waals surface area contributed by atoms with Crippen molar-refractivity contribution in [3.8, 4) is 0 Å². The molecule has 0 atom stereocenters. The quantitative estimate of drug-likeness (QED) is 0.124. The van der Waals surface area contributed by atoms with E-state index in [1.54, 1.807) is 0 Å². The van der Waals surface area contributed by atoms with Crippen LogP contribution in [0, 0.1) is 5.41 Å². The maximum absolute atomic E-state index is 12.6. The number of amides is 1. The Morgan fingerprint density at radius 1 is 1.00 bits per heavy atom. The molecule has 0 radical (unpaired) electrons. The van der Waals surface area contributed by atoms with Gasteiger partial charge in [-0.05, 0) is 55.0 Å². The Bertz CT molecular complexity index is 1090. The Kier molecular flexibility index (Phi) is 12.0. The van der Waals surface area contributed by atoms with E-state index in [0.29, 0.717) is 23.6 Å². The number of halogens is 6. The third-order valence-electron chi connectivity index (χ3n) is 3.71. The van der Waals surface area contributed by atoms with E-state index in [4.69, 9.17) is 27.5 Å². The molecule has 2 rings (SSSR count). The van der Waals surface area contributed by atoms with E-state index < -0.39 is 38.5 Å². The third-order valence-corrected chi connectivity index (χ3v) is 5.12. The first kappa shape index (κ1) is 32.7. The highest BCUT2D eigenvalue weighted by atomic mass is 35.5. The molecular weight excluding hydrogens is 529 g/mol. The van der Waals surface area contributed by atoms with Crippen LogP contribution in [-0.2, 0) is 9.53 Å². The second-order valence-electron chi connectivity index (χ2n) is 6.47. The minimum Gasteiger partial charge on any atom is -0.407 e. The molecule has 0 aromatic heterocycles. The minimum absolute atomic E-state index is 0.0805. The van der Waals surface area contributed by atoms with Gasteiger partial charge in [-0.2, -0.15) is 4.99 Å². The number of nitrogens with two attached hydrogens (primary N) is 1. The predicted molar refractivity (Wildman–Crippen MR) is 135 cm³/mol. The molecule has 36 heavy (non-hydrogen) atoms. The highest BCUT2D eigenvalue weighted by molar-refractivity contribution is 8.45. The van der Waals surface area contributed by atoms with Crippen molar-refractivity contribution in [3.05, 3.63) is 76.8 Å². The number of nitrogens with one attached hydrogen (secondary N) is 1. The lowest BCUT2D eigenvalue weighted by molar-refractivity contribution is -0.107. The van der Waals surface area contributed by atoms with Crippen LogP contribution in [0.2, 0.25) is 5.02 Å². The summed E-state index contributed by atoms with van der Waals surface area (Å²) in [5.74, 6) is -1.60. The van der Waals surface area contributed by atoms with Crippen LogP contribution in [0.4, 0.5) is 19.4 Å². The van der Waals surface area contributed by atoms with Crippen LogP contribution in [0.15, 0.2) is 70.6 Å². The van der Waals surface area contributed by atoms with E-state index in [2.05, 4.69) is 4.99 Å². The highest BCUT2D eigenvalue weighted by Crippen LogP contribution is 3.02. The number of ether oxygens (including phenoxy) is 1. The maximum atomic E-state index is 12.6. The Hall–Kier alpha value is -3.25. The number of aldehydes is 1. The zero-order chi connectivity index (χ0) is 28.1. The molecule has 0 heterocycles. The first-order valence-corrected chi connectivity index (χ1v) is 12.7. The molecule has 2 aromatic carbocycles. The van der Waals surface area contributed by atoms with Crippen LogP contribution >= 0.6 is 21.8 Å². The summed E-state index contributed by atoms with van der Waals surface area (Å²) >= 11 is 5.70. The molecule has 0 bridgehead atoms. The molecule has 13 heteroatoms. The standard InChI is InChI=1S/C15H11ClF5N3O2S.C6H10O.C2H6/c16-11-5-1-9(2-6-11)13(22)26-15(23)24-14(25)10-3-7-12(8-4-10)27(17,18,19,20)21;1-2-3-4-5-6-7;1-2/h1-8,22H,(H2,23,24,25);3-4,6H,2,5H2,1H3;1-2H3/b;4-3-;. The van der Waals surface area contributed by atoms with Gasteiger partial charge in [0, 0.05) is 22.6 Å². The smallest absolute Gasteiger partial charge is 0.310 e. The average Bonchev–Trinajstić information content (AvgIpc) is 2.80. The molecule has 0 aliphatic heterocycles. The number of allylic oxidation sites excluding steroid dienone is 2. The van der Waals surface area contributed by atoms with Crippen molar-refractivity contribution >= 4 is 45.9 Å². The number of hydrogen-bond acceptors (Lipinski definition) is 4. The van der Waals surface area contributed by atoms with E-state index in [9.17, 15) is 29.0 Å². The summed E-state index contributed by atoms with van der Waals surface area (Å²) in [6.07, 6.45) is 6.33. The van der Waals surface area contributed by atoms with Gasteiger partial charge in [-0.15, -0.1) is 0 Å². The van der Waals surface area contributed by atoms with Gasteiger partial charge in [-0.25, -0.2) is 0 Å². The van der Waals surface area contributed by atoms with E-state index in [1.165, 1.54) is 24.3 Å². The number of rotatable bonds is 6. The SMILES string of the molecule is CC.CC/C=C\CC=O.N=C(OC(N)=NC(=O)c1ccc(S(F)(F)(F)(F)F)cc1)c1ccc(Cl)cc1. The van der Waals surface area contributed by atoms with Crippen molar-refractivity contribution < 1.29 is 33.8 Å². The molecule has 0 aliphatic carbocycles. The monoisotopic (exact) mass is 555 g/mol. The molecule has 2 aromatic rings. The average molecular weight is 556 g/mol. The third kappa shape index (κ3) is 12.5. The first-order chi connectivity index (χ1) is 16.6. The van der Waals surface area contributed by atoms with Gasteiger partial charge in [0.1, 0.15) is 11.2 Å². The number of aliphatic imine (C=N–C) groups is 1. The molecule has 0 saturated carbocycles. The fraction of sp³-hybridized carbons (Fsp3) is 0.217. The van der Waals surface area contributed by atoms with Crippen molar-refractivity contribution in [1.82, 2.24) is 0 Å². The zero-order valence-electron chi connectivity index (χ0n) is 19.7. The number of carbonyl (C=O) groups excluding carboxylic acids is 2. The van der Waals surface area contributed by atoms with Crippen molar-refractivity contribution in [1.29, 1.82) is 5.41 Å². The molecule has 0 aliphatic rings. The number of benzene rings is 2. The Morgan fingerprint density at radius 2 is 1.50 bits per heavy atom. The van der Waals surface area contributed by atoms with Gasteiger partial charge < -0.3 is 15.3 Å². The molecule has 200 valence electrons. The van der Waals surface area contributed by atoms with Crippen molar-refractivity contribution in [2.45, 2.75) is 38.5 Å². The summed E-state index contributed by atoms with van der Waals surface area (Å²) in [7, 11) is -9.83. The van der Waals surface area contributed by atoms with Crippen molar-refractivity contribution in [3.63, 3.8) is 0 Å². The Morgan fingerprint density at radius 3 is 1.94 bits per heavy atom. The van der Waals surface area contributed by atoms with E-state index in [1.807, 2.05) is 32.9 Å². The number of amidine groups is 1. The van der Waals surface area contributed by atoms with Gasteiger partial charge in [0.15, 0.2) is 0 Å². The summed E-state index contributed by atoms with van der Waals surface area (Å²) in [6, 6.07) is 6.33. The van der Waals surface area contributed by atoms with E-state index >= 15 is 0 Å². The van der Waals surface area contributed by atoms with Crippen LogP contribution in [0.5, 0.6) is 0 Å². The normalized spacial score (nSPS) is 13.2. The lowest BCUT2D eigenvalue weighted by atomic mass is 10.2. The fourth-order valence-corrected chi connectivity index (χ4v) is 2.90. The van der Waals surface area contributed by atoms with Crippen molar-refractivity contribution in [2.24, 2.45) is 10.7 Å². The second kappa shape index (κ2) is 13.2. The largest absolute Gasteiger partial charge is 0.407 e. The molecule has 0 unspecified atom stereocenters. The number of carbonyl (C=O) groups is 2. The van der Waals surface area contributed by atoms with Gasteiger partial charge >= 0.3 is 10.2 Å². The lowest BCUT2D eigenvalue weighted by Gasteiger charge is -2.40. The minimum atomic E-state index is -9.83. The summed E-state index contributed by atoms with van der Waals surface area (Å²) in [5.41, 5.74) is 5.21. The highest BCUT2D eigenvalue weighted by Gasteiger charge is 2.65. The van der Waals surface area contributed by atoms with Gasteiger partial charge in [0.2, 0.25) is 5.90 Å². The summed E-state index contributed by atoms with van der Waals surface area (Å²) in [6.45, 7) is 6.04. The molecule has 0 saturated heterocycles. The van der Waals surface area contributed by atoms with Crippen LogP contribution in [0.3, 0.4) is 0 Å². The fourth-order valence-electron chi connectivity index (χ4n) is 2.13. The molecule has 6 nitrogen and oxygen atoms in total. The van der Waals surface area contributed by atoms with Crippen LogP contribution in [0.1, 0.15) is 49.5 Å². The number of hydrogen-bond donors (Lipinski definition) is 2. The summed E-state index contributed by atoms with van der Waals surface area (Å²) in [5, 5.41) is 8.09. The van der Waals surface area contributed by atoms with Gasteiger partial charge in [0.25, 0.3) is 11.9 Å². The summed E-state index contributed by atoms with van der Waals surface area (Å²) in [4.78, 5) is 22.6. The molecule has 0 fully saturated rings. The lowest BCUT2D eigenvalue weighted by Crippen LogP contribution is -2.22. The van der Waals surface area contributed by atoms with Gasteiger partial charge in [0.05, 0.1) is 0 Å². The van der Waals surface area contributed by atoms with Crippen LogP contribution in [-0.4, -0.2) is 24.1 Å². The van der Waals surface area contributed by atoms with Crippen molar-refractivity contribution in [2.75, 3.05) is 0 Å². The number of nitrogens with zero attached hydrogens (tertiary/aromatic N) is 1. The predicted octanol–water partition coefficient (Wildman–Crippen LogP) is 8.06. The van der Waals surface area contributed by atoms with E-state index in [-0.39, 0.29) is 17.7 Å². The van der Waals surface area contributed by atoms with Crippen LogP contribution in [0.25, 0.3) is 0 Å².